The lowest BCUT2D eigenvalue weighted by Gasteiger charge is -2.09. The number of aromatic amines is 1. The number of rotatable bonds is 7. The summed E-state index contributed by atoms with van der Waals surface area (Å²) in [6.07, 6.45) is 0. The topological polar surface area (TPSA) is 63.4 Å². The Bertz CT molecular complexity index is 901. The molecule has 25 heavy (non-hydrogen) atoms. The van der Waals surface area contributed by atoms with Gasteiger partial charge in [0.15, 0.2) is 0 Å². The lowest BCUT2D eigenvalue weighted by molar-refractivity contribution is 0.340. The molecule has 0 aliphatic rings. The minimum absolute atomic E-state index is 0.0879. The predicted octanol–water partition coefficient (Wildman–Crippen LogP) is 3.94. The van der Waals surface area contributed by atoms with Crippen LogP contribution in [0.25, 0.3) is 10.9 Å². The Morgan fingerprint density at radius 3 is 2.32 bits per heavy atom. The van der Waals surface area contributed by atoms with E-state index in [2.05, 4.69) is 10.3 Å². The van der Waals surface area contributed by atoms with Crippen molar-refractivity contribution in [1.29, 1.82) is 0 Å². The Balaban J connectivity index is 1.78. The first-order valence-corrected chi connectivity index (χ1v) is 8.45. The fourth-order valence-corrected chi connectivity index (χ4v) is 2.65. The van der Waals surface area contributed by atoms with Crippen LogP contribution < -0.4 is 20.3 Å². The van der Waals surface area contributed by atoms with Crippen LogP contribution in [0, 0.1) is 0 Å². The van der Waals surface area contributed by atoms with Crippen LogP contribution in [-0.4, -0.2) is 18.2 Å². The Labute approximate surface area is 146 Å². The summed E-state index contributed by atoms with van der Waals surface area (Å²) in [4.78, 5) is 15.2. The molecule has 0 bridgehead atoms. The van der Waals surface area contributed by atoms with Crippen molar-refractivity contribution in [2.45, 2.75) is 20.4 Å². The summed E-state index contributed by atoms with van der Waals surface area (Å²) >= 11 is 0. The third kappa shape index (κ3) is 4.12. The number of H-pyrrole nitrogens is 1. The zero-order valence-corrected chi connectivity index (χ0v) is 14.5. The van der Waals surface area contributed by atoms with Crippen molar-refractivity contribution in [3.8, 4) is 11.5 Å². The summed E-state index contributed by atoms with van der Waals surface area (Å²) in [6, 6.07) is 15.3. The molecule has 5 nitrogen and oxygen atoms in total. The van der Waals surface area contributed by atoms with Crippen molar-refractivity contribution >= 4 is 16.6 Å². The van der Waals surface area contributed by atoms with Crippen LogP contribution in [0.15, 0.2) is 53.3 Å². The molecule has 0 spiro atoms. The van der Waals surface area contributed by atoms with E-state index in [-0.39, 0.29) is 5.56 Å². The van der Waals surface area contributed by atoms with E-state index in [1.807, 2.05) is 62.4 Å². The van der Waals surface area contributed by atoms with Crippen LogP contribution in [0.1, 0.15) is 19.4 Å². The monoisotopic (exact) mass is 338 g/mol. The second-order valence-corrected chi connectivity index (χ2v) is 5.62. The van der Waals surface area contributed by atoms with E-state index in [4.69, 9.17) is 9.47 Å². The lowest BCUT2D eigenvalue weighted by atomic mass is 10.1. The molecular weight excluding hydrogens is 316 g/mol. The molecule has 0 saturated carbocycles. The normalized spacial score (nSPS) is 10.6. The molecule has 3 aromatic rings. The first kappa shape index (κ1) is 16.9. The van der Waals surface area contributed by atoms with Crippen molar-refractivity contribution in [2.24, 2.45) is 0 Å². The fourth-order valence-electron chi connectivity index (χ4n) is 2.65. The highest BCUT2D eigenvalue weighted by Crippen LogP contribution is 2.20. The molecule has 3 rings (SSSR count). The number of pyridine rings is 1. The third-order valence-corrected chi connectivity index (χ3v) is 3.85. The van der Waals surface area contributed by atoms with Gasteiger partial charge >= 0.3 is 0 Å². The minimum atomic E-state index is -0.0879. The summed E-state index contributed by atoms with van der Waals surface area (Å²) in [6.45, 7) is 5.60. The van der Waals surface area contributed by atoms with Gasteiger partial charge in [0.25, 0.3) is 5.56 Å². The van der Waals surface area contributed by atoms with Crippen molar-refractivity contribution in [1.82, 2.24) is 4.98 Å². The van der Waals surface area contributed by atoms with Crippen molar-refractivity contribution in [3.63, 3.8) is 0 Å². The smallest absolute Gasteiger partial charge is 0.253 e. The van der Waals surface area contributed by atoms with E-state index in [0.717, 1.165) is 28.1 Å². The van der Waals surface area contributed by atoms with Gasteiger partial charge in [0, 0.05) is 28.7 Å². The van der Waals surface area contributed by atoms with Gasteiger partial charge in [-0.1, -0.05) is 0 Å². The highest BCUT2D eigenvalue weighted by atomic mass is 16.5. The van der Waals surface area contributed by atoms with E-state index in [9.17, 15) is 4.79 Å². The summed E-state index contributed by atoms with van der Waals surface area (Å²) in [5.74, 6) is 1.63. The van der Waals surface area contributed by atoms with Gasteiger partial charge in [-0.2, -0.15) is 0 Å². The number of ether oxygens (including phenoxy) is 2. The number of hydrogen-bond donors (Lipinski definition) is 2. The van der Waals surface area contributed by atoms with Crippen molar-refractivity contribution < 1.29 is 9.47 Å². The first-order valence-electron chi connectivity index (χ1n) is 8.45. The average molecular weight is 338 g/mol. The molecule has 0 aliphatic heterocycles. The van der Waals surface area contributed by atoms with Crippen LogP contribution in [0.3, 0.4) is 0 Å². The molecule has 0 unspecified atom stereocenters. The number of anilines is 1. The lowest BCUT2D eigenvalue weighted by Crippen LogP contribution is -2.15. The fraction of sp³-hybridized carbons (Fsp3) is 0.250. The van der Waals surface area contributed by atoms with E-state index < -0.39 is 0 Å². The predicted molar refractivity (Wildman–Crippen MR) is 101 cm³/mol. The van der Waals surface area contributed by atoms with Gasteiger partial charge in [0.05, 0.1) is 13.2 Å². The number of hydrogen-bond acceptors (Lipinski definition) is 4. The van der Waals surface area contributed by atoms with Crippen LogP contribution in [-0.2, 0) is 6.54 Å². The Hall–Kier alpha value is -2.95. The summed E-state index contributed by atoms with van der Waals surface area (Å²) in [5, 5.41) is 4.22. The van der Waals surface area contributed by atoms with Gasteiger partial charge in [-0.25, -0.2) is 0 Å². The van der Waals surface area contributed by atoms with E-state index >= 15 is 0 Å². The maximum absolute atomic E-state index is 12.3. The van der Waals surface area contributed by atoms with Crippen LogP contribution in [0.2, 0.25) is 0 Å². The third-order valence-electron chi connectivity index (χ3n) is 3.85. The molecule has 0 atom stereocenters. The zero-order valence-electron chi connectivity index (χ0n) is 14.5. The quantitative estimate of drug-likeness (QED) is 0.685. The van der Waals surface area contributed by atoms with E-state index in [0.29, 0.717) is 25.3 Å². The van der Waals surface area contributed by atoms with E-state index in [1.54, 1.807) is 0 Å². The minimum Gasteiger partial charge on any atom is -0.494 e. The highest BCUT2D eigenvalue weighted by Gasteiger charge is 2.05. The van der Waals surface area contributed by atoms with Crippen LogP contribution >= 0.6 is 0 Å². The molecular formula is C20H22N2O3. The van der Waals surface area contributed by atoms with Crippen molar-refractivity contribution in [2.75, 3.05) is 18.5 Å². The van der Waals surface area contributed by atoms with Gasteiger partial charge in [-0.15, -0.1) is 0 Å². The Kier molecular flexibility index (Phi) is 5.23. The van der Waals surface area contributed by atoms with Crippen LogP contribution in [0.5, 0.6) is 11.5 Å². The van der Waals surface area contributed by atoms with Gasteiger partial charge in [-0.3, -0.25) is 4.79 Å². The van der Waals surface area contributed by atoms with Gasteiger partial charge in [0.1, 0.15) is 11.5 Å². The summed E-state index contributed by atoms with van der Waals surface area (Å²) in [7, 11) is 0. The van der Waals surface area contributed by atoms with Gasteiger partial charge in [-0.05, 0) is 62.4 Å². The van der Waals surface area contributed by atoms with Crippen molar-refractivity contribution in [3.05, 3.63) is 64.4 Å². The molecule has 0 saturated heterocycles. The first-order chi connectivity index (χ1) is 12.2. The molecule has 0 aliphatic carbocycles. The highest BCUT2D eigenvalue weighted by molar-refractivity contribution is 5.80. The molecule has 0 radical (unpaired) electrons. The maximum Gasteiger partial charge on any atom is 0.253 e. The van der Waals surface area contributed by atoms with Gasteiger partial charge < -0.3 is 19.8 Å². The molecule has 0 fully saturated rings. The number of nitrogens with one attached hydrogen (secondary N) is 2. The molecule has 5 heteroatoms. The maximum atomic E-state index is 12.3. The SMILES string of the molecule is CCOc1ccc(NCc2cc3cc(OCC)ccc3[nH]c2=O)cc1. The second kappa shape index (κ2) is 7.75. The molecule has 2 aromatic carbocycles. The largest absolute Gasteiger partial charge is 0.494 e. The number of benzene rings is 2. The molecule has 130 valence electrons. The molecule has 1 heterocycles. The van der Waals surface area contributed by atoms with E-state index in [1.165, 1.54) is 0 Å². The summed E-state index contributed by atoms with van der Waals surface area (Å²) < 4.78 is 11.0. The number of aromatic nitrogens is 1. The van der Waals surface area contributed by atoms with Gasteiger partial charge in [0.2, 0.25) is 0 Å². The summed E-state index contributed by atoms with van der Waals surface area (Å²) in [5.41, 5.74) is 2.33. The Morgan fingerprint density at radius 1 is 0.920 bits per heavy atom. The molecule has 1 aromatic heterocycles. The zero-order chi connectivity index (χ0) is 17.6. The second-order valence-electron chi connectivity index (χ2n) is 5.62. The molecule has 0 amide bonds. The molecule has 2 N–H and O–H groups in total. The average Bonchev–Trinajstić information content (AvgIpc) is 2.62. The Morgan fingerprint density at radius 2 is 1.60 bits per heavy atom. The van der Waals surface area contributed by atoms with Crippen LogP contribution in [0.4, 0.5) is 5.69 Å². The number of fused-ring (bicyclic) bond motifs is 1. The standard InChI is InChI=1S/C20H22N2O3/c1-3-24-17-7-5-16(6-8-17)21-13-15-11-14-12-18(25-4-2)9-10-19(14)22-20(15)23/h5-12,21H,3-4,13H2,1-2H3,(H,22,23).